The van der Waals surface area contributed by atoms with E-state index in [9.17, 15) is 0 Å². The van der Waals surface area contributed by atoms with Gasteiger partial charge in [-0.15, -0.1) is 0 Å². The van der Waals surface area contributed by atoms with Gasteiger partial charge >= 0.3 is 0 Å². The van der Waals surface area contributed by atoms with Gasteiger partial charge in [-0.3, -0.25) is 20.9 Å². The van der Waals surface area contributed by atoms with Gasteiger partial charge in [-0.05, 0) is 121 Å². The Morgan fingerprint density at radius 1 is 0.568 bits per heavy atom. The fraction of sp³-hybridized carbons (Fsp3) is 1.00. The van der Waals surface area contributed by atoms with Crippen LogP contribution in [0.25, 0.3) is 0 Å². The SMILES string of the molecule is CC1NC(C)NC(N(CCCCCCN(C)C2CC(C)(C)NC(C)(C)C2)C2CC(C)(C)NC(C)(C)C2)N1. The van der Waals surface area contributed by atoms with Gasteiger partial charge in [0.25, 0.3) is 0 Å². The number of nitrogens with zero attached hydrogens (tertiary/aromatic N) is 2. The predicted molar refractivity (Wildman–Crippen MR) is 159 cm³/mol. The number of unbranched alkanes of at least 4 members (excludes halogenated alkanes) is 3. The lowest BCUT2D eigenvalue weighted by molar-refractivity contribution is -0.00910. The van der Waals surface area contributed by atoms with E-state index >= 15 is 0 Å². The van der Waals surface area contributed by atoms with E-state index in [4.69, 9.17) is 0 Å². The van der Waals surface area contributed by atoms with Crippen LogP contribution >= 0.6 is 0 Å². The van der Waals surface area contributed by atoms with Gasteiger partial charge in [-0.2, -0.15) is 0 Å². The average molecular weight is 522 g/mol. The summed E-state index contributed by atoms with van der Waals surface area (Å²) in [5.74, 6) is 0. The third-order valence-electron chi connectivity index (χ3n) is 8.75. The Bertz CT molecular complexity index is 677. The quantitative estimate of drug-likeness (QED) is 0.277. The molecule has 0 saturated carbocycles. The number of nitrogens with one attached hydrogen (secondary N) is 5. The molecule has 5 N–H and O–H groups in total. The molecule has 37 heavy (non-hydrogen) atoms. The molecule has 3 fully saturated rings. The fourth-order valence-electron chi connectivity index (χ4n) is 7.98. The van der Waals surface area contributed by atoms with Gasteiger partial charge in [0, 0.05) is 40.8 Å². The maximum Gasteiger partial charge on any atom is 0.117 e. The minimum atomic E-state index is 0.150. The van der Waals surface area contributed by atoms with Crippen molar-refractivity contribution < 1.29 is 0 Å². The van der Waals surface area contributed by atoms with Crippen molar-refractivity contribution in [3.8, 4) is 0 Å². The van der Waals surface area contributed by atoms with Gasteiger partial charge in [0.05, 0.1) is 12.3 Å². The summed E-state index contributed by atoms with van der Waals surface area (Å²) in [4.78, 5) is 5.39. The summed E-state index contributed by atoms with van der Waals surface area (Å²) in [6, 6.07) is 1.24. The van der Waals surface area contributed by atoms with E-state index in [0.717, 1.165) is 6.54 Å². The Morgan fingerprint density at radius 2 is 0.973 bits per heavy atom. The van der Waals surface area contributed by atoms with E-state index in [2.05, 4.69) is 113 Å². The van der Waals surface area contributed by atoms with Crippen molar-refractivity contribution in [1.82, 2.24) is 36.4 Å². The van der Waals surface area contributed by atoms with Crippen LogP contribution in [0.15, 0.2) is 0 Å². The van der Waals surface area contributed by atoms with Crippen LogP contribution in [0.3, 0.4) is 0 Å². The highest BCUT2D eigenvalue weighted by molar-refractivity contribution is 5.02. The highest BCUT2D eigenvalue weighted by Gasteiger charge is 2.42. The summed E-state index contributed by atoms with van der Waals surface area (Å²) in [5, 5.41) is 18.8. The number of rotatable bonds is 10. The smallest absolute Gasteiger partial charge is 0.117 e. The molecule has 3 aliphatic heterocycles. The summed E-state index contributed by atoms with van der Waals surface area (Å²) in [7, 11) is 2.35. The summed E-state index contributed by atoms with van der Waals surface area (Å²) in [5.41, 5.74) is 0.732. The zero-order valence-electron chi connectivity index (χ0n) is 26.4. The van der Waals surface area contributed by atoms with Crippen LogP contribution in [0, 0.1) is 0 Å². The molecular formula is C30H63N7. The Kier molecular flexibility index (Phi) is 10.2. The normalized spacial score (nSPS) is 32.2. The molecule has 7 heteroatoms. The van der Waals surface area contributed by atoms with Crippen molar-refractivity contribution in [2.75, 3.05) is 20.1 Å². The minimum absolute atomic E-state index is 0.150. The van der Waals surface area contributed by atoms with E-state index in [1.54, 1.807) is 0 Å². The molecule has 0 radical (unpaired) electrons. The largest absolute Gasteiger partial charge is 0.307 e. The standard InChI is InChI=1S/C30H63N7/c1-22-31-23(2)33-26(32-22)37(25-20-29(7,8)35-30(9,10)21-25)17-15-13-12-14-16-36(11)24-18-27(3,4)34-28(5,6)19-24/h22-26,31-35H,12-21H2,1-11H3. The Labute approximate surface area is 230 Å². The van der Waals surface area contributed by atoms with Crippen molar-refractivity contribution in [2.45, 2.75) is 173 Å². The van der Waals surface area contributed by atoms with Crippen molar-refractivity contribution >= 4 is 0 Å². The molecule has 2 atom stereocenters. The molecule has 2 unspecified atom stereocenters. The zero-order chi connectivity index (χ0) is 27.6. The lowest BCUT2D eigenvalue weighted by Crippen LogP contribution is -2.73. The van der Waals surface area contributed by atoms with Crippen LogP contribution in [0.1, 0.15) is 121 Å². The summed E-state index contributed by atoms with van der Waals surface area (Å²) >= 11 is 0. The second-order valence-corrected chi connectivity index (χ2v) is 15.4. The van der Waals surface area contributed by atoms with Gasteiger partial charge < -0.3 is 15.5 Å². The molecule has 0 aliphatic carbocycles. The van der Waals surface area contributed by atoms with Crippen LogP contribution in [0.4, 0.5) is 0 Å². The number of hydrogen-bond donors (Lipinski definition) is 5. The lowest BCUT2D eigenvalue weighted by Gasteiger charge is -2.53. The minimum Gasteiger partial charge on any atom is -0.307 e. The Balaban J connectivity index is 1.51. The van der Waals surface area contributed by atoms with Crippen molar-refractivity contribution in [2.24, 2.45) is 0 Å². The van der Waals surface area contributed by atoms with Crippen LogP contribution in [-0.4, -0.2) is 82.8 Å². The first-order chi connectivity index (χ1) is 17.0. The van der Waals surface area contributed by atoms with E-state index in [-0.39, 0.29) is 28.4 Å². The lowest BCUT2D eigenvalue weighted by atomic mass is 9.79. The summed E-state index contributed by atoms with van der Waals surface area (Å²) in [6.07, 6.45) is 10.9. The molecule has 0 aromatic heterocycles. The first-order valence-electron chi connectivity index (χ1n) is 15.3. The second kappa shape index (κ2) is 12.1. The molecule has 0 aromatic carbocycles. The monoisotopic (exact) mass is 522 g/mol. The number of piperidine rings is 2. The van der Waals surface area contributed by atoms with E-state index in [1.165, 1.54) is 57.9 Å². The molecule has 0 aromatic rings. The molecule has 7 nitrogen and oxygen atoms in total. The maximum absolute atomic E-state index is 3.88. The van der Waals surface area contributed by atoms with Crippen molar-refractivity contribution in [3.05, 3.63) is 0 Å². The summed E-state index contributed by atoms with van der Waals surface area (Å²) in [6.45, 7) is 25.7. The maximum atomic E-state index is 3.88. The van der Waals surface area contributed by atoms with Crippen LogP contribution in [-0.2, 0) is 0 Å². The molecule has 3 heterocycles. The molecule has 218 valence electrons. The molecule has 3 aliphatic rings. The van der Waals surface area contributed by atoms with Crippen LogP contribution in [0.5, 0.6) is 0 Å². The third kappa shape index (κ3) is 9.70. The number of hydrogen-bond acceptors (Lipinski definition) is 7. The first-order valence-corrected chi connectivity index (χ1v) is 15.3. The van der Waals surface area contributed by atoms with Gasteiger partial charge in [0.1, 0.15) is 6.29 Å². The van der Waals surface area contributed by atoms with Crippen LogP contribution < -0.4 is 26.6 Å². The molecule has 0 amide bonds. The molecule has 3 saturated heterocycles. The Morgan fingerprint density at radius 3 is 1.43 bits per heavy atom. The molecule has 0 spiro atoms. The summed E-state index contributed by atoms with van der Waals surface area (Å²) < 4.78 is 0. The highest BCUT2D eigenvalue weighted by atomic mass is 15.5. The molecular weight excluding hydrogens is 458 g/mol. The van der Waals surface area contributed by atoms with Gasteiger partial charge in [-0.1, -0.05) is 12.8 Å². The first kappa shape index (κ1) is 31.3. The van der Waals surface area contributed by atoms with Gasteiger partial charge in [0.2, 0.25) is 0 Å². The van der Waals surface area contributed by atoms with Gasteiger partial charge in [-0.25, -0.2) is 0 Å². The van der Waals surface area contributed by atoms with E-state index < -0.39 is 0 Å². The third-order valence-corrected chi connectivity index (χ3v) is 8.75. The topological polar surface area (TPSA) is 66.6 Å². The predicted octanol–water partition coefficient (Wildman–Crippen LogP) is 4.16. The van der Waals surface area contributed by atoms with Crippen LogP contribution in [0.2, 0.25) is 0 Å². The van der Waals surface area contributed by atoms with Crippen molar-refractivity contribution in [3.63, 3.8) is 0 Å². The molecule has 0 bridgehead atoms. The van der Waals surface area contributed by atoms with Crippen molar-refractivity contribution in [1.29, 1.82) is 0 Å². The van der Waals surface area contributed by atoms with E-state index in [0.29, 0.717) is 24.4 Å². The Hall–Kier alpha value is -0.280. The van der Waals surface area contributed by atoms with E-state index in [1.807, 2.05) is 0 Å². The fourth-order valence-corrected chi connectivity index (χ4v) is 7.98. The highest BCUT2D eigenvalue weighted by Crippen LogP contribution is 2.33. The molecule has 3 rings (SSSR count). The average Bonchev–Trinajstić information content (AvgIpc) is 2.67. The van der Waals surface area contributed by atoms with Gasteiger partial charge in [0.15, 0.2) is 0 Å². The second-order valence-electron chi connectivity index (χ2n) is 15.4. The zero-order valence-corrected chi connectivity index (χ0v) is 26.4.